The molecule has 0 spiro atoms. The average Bonchev–Trinajstić information content (AvgIpc) is 2.98. The van der Waals surface area contributed by atoms with E-state index in [4.69, 9.17) is 4.74 Å². The maximum Gasteiger partial charge on any atom is 0.129 e. The highest BCUT2D eigenvalue weighted by atomic mass is 28.3. The van der Waals surface area contributed by atoms with E-state index in [-0.39, 0.29) is 0 Å². The third kappa shape index (κ3) is 19.1. The quantitative estimate of drug-likeness (QED) is 0.124. The zero-order valence-corrected chi connectivity index (χ0v) is 32.0. The van der Waals surface area contributed by atoms with E-state index in [1.807, 2.05) is 13.8 Å². The molecule has 0 aromatic rings. The molecule has 0 aliphatic heterocycles. The highest BCUT2D eigenvalue weighted by Crippen LogP contribution is 2.22. The lowest BCUT2D eigenvalue weighted by molar-refractivity contribution is 0.0741. The van der Waals surface area contributed by atoms with Crippen molar-refractivity contribution in [3.05, 3.63) is 33.4 Å². The van der Waals surface area contributed by atoms with Crippen LogP contribution >= 0.6 is 0 Å². The fraction of sp³-hybridized carbons (Fsp3) is 0.667. The van der Waals surface area contributed by atoms with Gasteiger partial charge in [0.15, 0.2) is 0 Å². The molecular formula is C42H66OSi. The number of rotatable bonds is 16. The van der Waals surface area contributed by atoms with Gasteiger partial charge in [0.2, 0.25) is 0 Å². The molecule has 0 aliphatic carbocycles. The standard InChI is InChI=1S/C42H66OSi/c1-13-19-25-39(30-29-37(23-17-5)41(27-21-15-3)32-34-42(7,8)43-9)36(22-16-4)28-31-40(26-20-14-2)38(24-18-6)33-35-44(10,11)12/h13-27H2,1-12H3/b39-36+,40-38+,41-37+. The number of hydrogen-bond donors (Lipinski definition) is 0. The fourth-order valence-corrected chi connectivity index (χ4v) is 4.91. The van der Waals surface area contributed by atoms with Crippen molar-refractivity contribution in [3.8, 4) is 47.0 Å². The minimum Gasteiger partial charge on any atom is -0.366 e. The molecule has 0 N–H and O–H groups in total. The first kappa shape index (κ1) is 41.6. The van der Waals surface area contributed by atoms with Gasteiger partial charge < -0.3 is 4.74 Å². The van der Waals surface area contributed by atoms with Crippen molar-refractivity contribution in [3.63, 3.8) is 0 Å². The summed E-state index contributed by atoms with van der Waals surface area (Å²) in [5, 5.41) is 0. The molecule has 244 valence electrons. The summed E-state index contributed by atoms with van der Waals surface area (Å²) < 4.78 is 5.60. The van der Waals surface area contributed by atoms with Crippen LogP contribution in [0.15, 0.2) is 33.4 Å². The van der Waals surface area contributed by atoms with Crippen molar-refractivity contribution in [2.24, 2.45) is 0 Å². The molecule has 0 bridgehead atoms. The summed E-state index contributed by atoms with van der Waals surface area (Å²) in [7, 11) is 0.253. The van der Waals surface area contributed by atoms with Gasteiger partial charge in [0.05, 0.1) is 0 Å². The molecule has 0 aromatic heterocycles. The molecule has 0 aromatic carbocycles. The Balaban J connectivity index is 7.40. The summed E-state index contributed by atoms with van der Waals surface area (Å²) in [6.45, 7) is 24.5. The first-order chi connectivity index (χ1) is 20.9. The minimum atomic E-state index is -1.47. The maximum atomic E-state index is 5.60. The van der Waals surface area contributed by atoms with E-state index in [9.17, 15) is 0 Å². The Morgan fingerprint density at radius 1 is 0.477 bits per heavy atom. The predicted molar refractivity (Wildman–Crippen MR) is 200 cm³/mol. The number of allylic oxidation sites excluding steroid dienone is 6. The Bertz CT molecular complexity index is 1200. The van der Waals surface area contributed by atoms with Crippen molar-refractivity contribution in [1.29, 1.82) is 0 Å². The van der Waals surface area contributed by atoms with Crippen LogP contribution in [0.5, 0.6) is 0 Å². The van der Waals surface area contributed by atoms with Gasteiger partial charge in [-0.3, -0.25) is 0 Å². The van der Waals surface area contributed by atoms with Gasteiger partial charge in [-0.1, -0.05) is 141 Å². The van der Waals surface area contributed by atoms with Crippen LogP contribution in [-0.4, -0.2) is 20.8 Å². The molecule has 0 saturated heterocycles. The average molecular weight is 615 g/mol. The monoisotopic (exact) mass is 614 g/mol. The molecule has 0 atom stereocenters. The Morgan fingerprint density at radius 2 is 0.795 bits per heavy atom. The first-order valence-electron chi connectivity index (χ1n) is 17.7. The van der Waals surface area contributed by atoms with E-state index in [1.54, 1.807) is 7.11 Å². The van der Waals surface area contributed by atoms with Gasteiger partial charge in [-0.2, -0.15) is 0 Å². The summed E-state index contributed by atoms with van der Waals surface area (Å²) >= 11 is 0. The van der Waals surface area contributed by atoms with Gasteiger partial charge >= 0.3 is 0 Å². The van der Waals surface area contributed by atoms with Crippen molar-refractivity contribution in [1.82, 2.24) is 0 Å². The van der Waals surface area contributed by atoms with Crippen LogP contribution in [0.3, 0.4) is 0 Å². The van der Waals surface area contributed by atoms with Crippen LogP contribution in [0, 0.1) is 47.0 Å². The fourth-order valence-electron chi connectivity index (χ4n) is 4.39. The van der Waals surface area contributed by atoms with Gasteiger partial charge in [-0.05, 0) is 71.6 Å². The molecule has 0 fully saturated rings. The third-order valence-electron chi connectivity index (χ3n) is 7.28. The number of unbranched alkanes of at least 4 members (excludes halogenated alkanes) is 3. The minimum absolute atomic E-state index is 0.475. The van der Waals surface area contributed by atoms with Crippen molar-refractivity contribution in [2.45, 2.75) is 177 Å². The molecule has 0 aliphatic rings. The summed E-state index contributed by atoms with van der Waals surface area (Å²) in [5.74, 6) is 25.2. The topological polar surface area (TPSA) is 9.23 Å². The third-order valence-corrected chi connectivity index (χ3v) is 8.15. The molecule has 1 nitrogen and oxygen atoms in total. The number of methoxy groups -OCH3 is 1. The molecule has 0 radical (unpaired) electrons. The molecular weight excluding hydrogens is 549 g/mol. The summed E-state index contributed by atoms with van der Waals surface area (Å²) in [5.41, 5.74) is 10.5. The van der Waals surface area contributed by atoms with Gasteiger partial charge in [0.25, 0.3) is 0 Å². The second-order valence-corrected chi connectivity index (χ2v) is 18.1. The van der Waals surface area contributed by atoms with Crippen LogP contribution in [-0.2, 0) is 4.74 Å². The highest BCUT2D eigenvalue weighted by molar-refractivity contribution is 6.83. The van der Waals surface area contributed by atoms with Crippen LogP contribution in [0.4, 0.5) is 0 Å². The van der Waals surface area contributed by atoms with Crippen LogP contribution in [0.2, 0.25) is 19.6 Å². The van der Waals surface area contributed by atoms with Crippen LogP contribution in [0.1, 0.15) is 152 Å². The van der Waals surface area contributed by atoms with Gasteiger partial charge in [-0.15, -0.1) is 5.54 Å². The number of ether oxygens (including phenoxy) is 1. The SMILES string of the molecule is CCCC/C(C#C/C(CCC)=C(/C#CC(C)(C)OC)CCCC)=C(\C#C/C(CCCC)=C(/C#C[Si](C)(C)C)CCC)CCC. The van der Waals surface area contributed by atoms with Gasteiger partial charge in [0.1, 0.15) is 13.7 Å². The van der Waals surface area contributed by atoms with Crippen LogP contribution < -0.4 is 0 Å². The lowest BCUT2D eigenvalue weighted by atomic mass is 9.95. The summed E-state index contributed by atoms with van der Waals surface area (Å²) in [6, 6.07) is 0. The van der Waals surface area contributed by atoms with Crippen molar-refractivity contribution < 1.29 is 4.74 Å². The van der Waals surface area contributed by atoms with Gasteiger partial charge in [0, 0.05) is 40.5 Å². The molecule has 44 heavy (non-hydrogen) atoms. The number of hydrogen-bond acceptors (Lipinski definition) is 1. The second-order valence-electron chi connectivity index (χ2n) is 13.4. The lowest BCUT2D eigenvalue weighted by Crippen LogP contribution is -2.19. The second kappa shape index (κ2) is 23.9. The zero-order chi connectivity index (χ0) is 33.4. The largest absolute Gasteiger partial charge is 0.366 e. The Morgan fingerprint density at radius 3 is 1.09 bits per heavy atom. The van der Waals surface area contributed by atoms with Crippen LogP contribution in [0.25, 0.3) is 0 Å². The van der Waals surface area contributed by atoms with Gasteiger partial charge in [-0.25, -0.2) is 0 Å². The van der Waals surface area contributed by atoms with E-state index >= 15 is 0 Å². The molecule has 0 saturated carbocycles. The first-order valence-corrected chi connectivity index (χ1v) is 21.2. The molecule has 0 unspecified atom stereocenters. The summed E-state index contributed by atoms with van der Waals surface area (Å²) in [4.78, 5) is 0. The van der Waals surface area contributed by atoms with Crippen molar-refractivity contribution in [2.75, 3.05) is 7.11 Å². The smallest absolute Gasteiger partial charge is 0.129 e. The lowest BCUT2D eigenvalue weighted by Gasteiger charge is -2.15. The summed E-state index contributed by atoms with van der Waals surface area (Å²) in [6.07, 6.45) is 15.9. The van der Waals surface area contributed by atoms with E-state index < -0.39 is 13.7 Å². The van der Waals surface area contributed by atoms with Crippen molar-refractivity contribution >= 4 is 8.07 Å². The van der Waals surface area contributed by atoms with E-state index in [0.717, 1.165) is 96.3 Å². The maximum absolute atomic E-state index is 5.60. The predicted octanol–water partition coefficient (Wildman–Crippen LogP) is 12.2. The highest BCUT2D eigenvalue weighted by Gasteiger charge is 2.13. The zero-order valence-electron chi connectivity index (χ0n) is 31.0. The molecule has 2 heteroatoms. The van der Waals surface area contributed by atoms with E-state index in [0.29, 0.717) is 0 Å². The molecule has 0 heterocycles. The Hall–Kier alpha value is -2.36. The normalized spacial score (nSPS) is 13.0. The molecule has 0 amide bonds. The Kier molecular flexibility index (Phi) is 22.7. The molecule has 0 rings (SSSR count). The van der Waals surface area contributed by atoms with E-state index in [2.05, 4.69) is 108 Å². The Labute approximate surface area is 276 Å². The van der Waals surface area contributed by atoms with E-state index in [1.165, 1.54) is 33.4 Å².